The Hall–Kier alpha value is -1.55. The molecule has 0 fully saturated rings. The maximum absolute atomic E-state index is 10.5. The highest BCUT2D eigenvalue weighted by molar-refractivity contribution is 5.78. The Morgan fingerprint density at radius 3 is 2.38 bits per heavy atom. The highest BCUT2D eigenvalue weighted by atomic mass is 16.5. The van der Waals surface area contributed by atoms with Gasteiger partial charge in [-0.1, -0.05) is 17.7 Å². The van der Waals surface area contributed by atoms with Gasteiger partial charge in [-0.2, -0.15) is 0 Å². The van der Waals surface area contributed by atoms with E-state index in [9.17, 15) is 4.79 Å². The first-order valence-corrected chi connectivity index (χ1v) is 3.88. The van der Waals surface area contributed by atoms with Gasteiger partial charge in [0.15, 0.2) is 0 Å². The number of ether oxygens (including phenoxy) is 1. The molecule has 0 aliphatic heterocycles. The Kier molecular flexibility index (Phi) is 2.87. The summed E-state index contributed by atoms with van der Waals surface area (Å²) in [5.41, 5.74) is 11.3. The van der Waals surface area contributed by atoms with Crippen molar-refractivity contribution in [2.45, 2.75) is 13.2 Å². The van der Waals surface area contributed by atoms with Crippen LogP contribution in [-0.2, 0) is 4.79 Å². The van der Waals surface area contributed by atoms with Gasteiger partial charge in [0.05, 0.1) is 0 Å². The van der Waals surface area contributed by atoms with Crippen molar-refractivity contribution < 1.29 is 9.53 Å². The standard InChI is InChI=1S/C9H12N2O2/c1-6-2-4-7(5-3-6)13-9(11)8(10)12/h2-5,9H,11H2,1H3,(H2,10,12). The molecule has 1 rings (SSSR count). The molecule has 0 heterocycles. The molecule has 70 valence electrons. The molecule has 13 heavy (non-hydrogen) atoms. The Labute approximate surface area is 76.5 Å². The average Bonchev–Trinajstić information content (AvgIpc) is 2.08. The topological polar surface area (TPSA) is 78.3 Å². The Bertz CT molecular complexity index is 295. The molecule has 0 radical (unpaired) electrons. The molecule has 0 aliphatic rings. The SMILES string of the molecule is Cc1ccc(OC(N)C(N)=O)cc1. The van der Waals surface area contributed by atoms with Crippen LogP contribution in [0.15, 0.2) is 24.3 Å². The second-order valence-electron chi connectivity index (χ2n) is 2.75. The van der Waals surface area contributed by atoms with Crippen LogP contribution in [0.2, 0.25) is 0 Å². The van der Waals surface area contributed by atoms with Gasteiger partial charge in [-0.3, -0.25) is 10.5 Å². The number of benzene rings is 1. The number of nitrogens with two attached hydrogens (primary N) is 2. The molecule has 1 aromatic carbocycles. The summed E-state index contributed by atoms with van der Waals surface area (Å²) in [6.45, 7) is 1.96. The summed E-state index contributed by atoms with van der Waals surface area (Å²) in [4.78, 5) is 10.5. The number of rotatable bonds is 3. The van der Waals surface area contributed by atoms with Gasteiger partial charge in [-0.05, 0) is 19.1 Å². The Balaban J connectivity index is 2.64. The first-order chi connectivity index (χ1) is 6.09. The molecule has 0 aliphatic carbocycles. The van der Waals surface area contributed by atoms with Crippen LogP contribution < -0.4 is 16.2 Å². The van der Waals surface area contributed by atoms with Crippen molar-refractivity contribution >= 4 is 5.91 Å². The number of carbonyl (C=O) groups excluding carboxylic acids is 1. The summed E-state index contributed by atoms with van der Waals surface area (Å²) >= 11 is 0. The van der Waals surface area contributed by atoms with Crippen molar-refractivity contribution in [1.82, 2.24) is 0 Å². The highest BCUT2D eigenvalue weighted by Crippen LogP contribution is 2.11. The average molecular weight is 180 g/mol. The third-order valence-electron chi connectivity index (χ3n) is 1.56. The second-order valence-corrected chi connectivity index (χ2v) is 2.75. The van der Waals surface area contributed by atoms with E-state index in [2.05, 4.69) is 0 Å². The molecule has 0 saturated heterocycles. The zero-order valence-electron chi connectivity index (χ0n) is 7.36. The van der Waals surface area contributed by atoms with Crippen LogP contribution >= 0.6 is 0 Å². The van der Waals surface area contributed by atoms with E-state index in [0.717, 1.165) is 5.56 Å². The van der Waals surface area contributed by atoms with E-state index >= 15 is 0 Å². The molecule has 4 heteroatoms. The first-order valence-electron chi connectivity index (χ1n) is 3.88. The zero-order valence-corrected chi connectivity index (χ0v) is 7.36. The van der Waals surface area contributed by atoms with Gasteiger partial charge >= 0.3 is 0 Å². The van der Waals surface area contributed by atoms with Crippen molar-refractivity contribution in [1.29, 1.82) is 0 Å². The van der Waals surface area contributed by atoms with Gasteiger partial charge in [0.1, 0.15) is 5.75 Å². The summed E-state index contributed by atoms with van der Waals surface area (Å²) < 4.78 is 5.03. The number of hydrogen-bond acceptors (Lipinski definition) is 3. The molecule has 1 amide bonds. The van der Waals surface area contributed by atoms with Crippen LogP contribution in [0, 0.1) is 6.92 Å². The van der Waals surface area contributed by atoms with Gasteiger partial charge < -0.3 is 10.5 Å². The Morgan fingerprint density at radius 2 is 1.92 bits per heavy atom. The number of hydrogen-bond donors (Lipinski definition) is 2. The third kappa shape index (κ3) is 2.76. The molecule has 4 N–H and O–H groups in total. The van der Waals surface area contributed by atoms with Crippen LogP contribution in [0.5, 0.6) is 5.75 Å². The molecular weight excluding hydrogens is 168 g/mol. The van der Waals surface area contributed by atoms with Crippen LogP contribution in [-0.4, -0.2) is 12.1 Å². The number of amides is 1. The summed E-state index contributed by atoms with van der Waals surface area (Å²) in [7, 11) is 0. The first kappa shape index (κ1) is 9.54. The molecule has 1 unspecified atom stereocenters. The Morgan fingerprint density at radius 1 is 1.38 bits per heavy atom. The van der Waals surface area contributed by atoms with Gasteiger partial charge in [0, 0.05) is 0 Å². The predicted molar refractivity (Wildman–Crippen MR) is 49.0 cm³/mol. The summed E-state index contributed by atoms with van der Waals surface area (Å²) in [6.07, 6.45) is -1.08. The monoisotopic (exact) mass is 180 g/mol. The van der Waals surface area contributed by atoms with E-state index < -0.39 is 12.1 Å². The maximum Gasteiger partial charge on any atom is 0.273 e. The molecule has 0 aromatic heterocycles. The summed E-state index contributed by atoms with van der Waals surface area (Å²) in [6, 6.07) is 7.20. The lowest BCUT2D eigenvalue weighted by atomic mass is 10.2. The predicted octanol–water partition coefficient (Wildman–Crippen LogP) is 0.144. The lowest BCUT2D eigenvalue weighted by Gasteiger charge is -2.10. The minimum atomic E-state index is -1.08. The van der Waals surface area contributed by atoms with Crippen LogP contribution in [0.3, 0.4) is 0 Å². The van der Waals surface area contributed by atoms with E-state index in [1.165, 1.54) is 0 Å². The normalized spacial score (nSPS) is 12.2. The third-order valence-corrected chi connectivity index (χ3v) is 1.56. The second kappa shape index (κ2) is 3.91. The van der Waals surface area contributed by atoms with Gasteiger partial charge in [0.2, 0.25) is 6.23 Å². The van der Waals surface area contributed by atoms with Crippen molar-refractivity contribution in [3.63, 3.8) is 0 Å². The number of primary amides is 1. The smallest absolute Gasteiger partial charge is 0.273 e. The largest absolute Gasteiger partial charge is 0.466 e. The van der Waals surface area contributed by atoms with E-state index in [0.29, 0.717) is 5.75 Å². The van der Waals surface area contributed by atoms with Gasteiger partial charge in [-0.15, -0.1) is 0 Å². The maximum atomic E-state index is 10.5. The lowest BCUT2D eigenvalue weighted by Crippen LogP contribution is -2.41. The molecule has 1 aromatic rings. The molecule has 4 nitrogen and oxygen atoms in total. The van der Waals surface area contributed by atoms with Crippen molar-refractivity contribution in [2.24, 2.45) is 11.5 Å². The number of aryl methyl sites for hydroxylation is 1. The fourth-order valence-electron chi connectivity index (χ4n) is 0.822. The summed E-state index contributed by atoms with van der Waals surface area (Å²) in [5, 5.41) is 0. The van der Waals surface area contributed by atoms with Crippen molar-refractivity contribution in [3.05, 3.63) is 29.8 Å². The fraction of sp³-hybridized carbons (Fsp3) is 0.222. The van der Waals surface area contributed by atoms with Crippen LogP contribution in [0.4, 0.5) is 0 Å². The fourth-order valence-corrected chi connectivity index (χ4v) is 0.822. The van der Waals surface area contributed by atoms with Crippen LogP contribution in [0.1, 0.15) is 5.56 Å². The molecule has 0 bridgehead atoms. The van der Waals surface area contributed by atoms with Crippen molar-refractivity contribution in [2.75, 3.05) is 0 Å². The van der Waals surface area contributed by atoms with E-state index in [-0.39, 0.29) is 0 Å². The van der Waals surface area contributed by atoms with E-state index in [4.69, 9.17) is 16.2 Å². The van der Waals surface area contributed by atoms with Gasteiger partial charge in [-0.25, -0.2) is 0 Å². The lowest BCUT2D eigenvalue weighted by molar-refractivity contribution is -0.124. The van der Waals surface area contributed by atoms with E-state index in [1.54, 1.807) is 12.1 Å². The molecule has 0 saturated carbocycles. The van der Waals surface area contributed by atoms with Gasteiger partial charge in [0.25, 0.3) is 5.91 Å². The van der Waals surface area contributed by atoms with Crippen molar-refractivity contribution in [3.8, 4) is 5.75 Å². The zero-order chi connectivity index (χ0) is 9.84. The minimum Gasteiger partial charge on any atom is -0.466 e. The molecule has 0 spiro atoms. The molecular formula is C9H12N2O2. The van der Waals surface area contributed by atoms with Crippen LogP contribution in [0.25, 0.3) is 0 Å². The number of carbonyl (C=O) groups is 1. The minimum absolute atomic E-state index is 0.539. The molecule has 1 atom stereocenters. The highest BCUT2D eigenvalue weighted by Gasteiger charge is 2.09. The summed E-state index contributed by atoms with van der Waals surface area (Å²) in [5.74, 6) is -0.141. The quantitative estimate of drug-likeness (QED) is 0.649. The van der Waals surface area contributed by atoms with E-state index in [1.807, 2.05) is 19.1 Å².